The van der Waals surface area contributed by atoms with E-state index >= 15 is 0 Å². The zero-order chi connectivity index (χ0) is 16.5. The van der Waals surface area contributed by atoms with Gasteiger partial charge in [0.25, 0.3) is 0 Å². The summed E-state index contributed by atoms with van der Waals surface area (Å²) in [5, 5.41) is 18.3. The van der Waals surface area contributed by atoms with E-state index in [-0.39, 0.29) is 5.92 Å². The molecule has 0 aromatic heterocycles. The van der Waals surface area contributed by atoms with E-state index in [1.165, 1.54) is 0 Å². The Labute approximate surface area is 136 Å². The number of ether oxygens (including phenoxy) is 2. The SMILES string of the molecule is CCOc1ccccc1OCCC(C#N)c1cccc(C#N)c1. The molecule has 0 saturated carbocycles. The highest BCUT2D eigenvalue weighted by atomic mass is 16.5. The standard InChI is InChI=1S/C19H18N2O2/c1-2-22-18-8-3-4-9-19(18)23-11-10-17(14-21)16-7-5-6-15(12-16)13-20/h3-9,12,17H,2,10-11H2,1H3. The lowest BCUT2D eigenvalue weighted by molar-refractivity contribution is 0.271. The third kappa shape index (κ3) is 4.49. The van der Waals surface area contributed by atoms with Gasteiger partial charge in [-0.2, -0.15) is 10.5 Å². The molecule has 0 saturated heterocycles. The Balaban J connectivity index is 1.99. The largest absolute Gasteiger partial charge is 0.490 e. The molecule has 4 heteroatoms. The summed E-state index contributed by atoms with van der Waals surface area (Å²) in [6.07, 6.45) is 0.547. The van der Waals surface area contributed by atoms with Gasteiger partial charge in [-0.15, -0.1) is 0 Å². The molecule has 1 atom stereocenters. The van der Waals surface area contributed by atoms with Crippen LogP contribution < -0.4 is 9.47 Å². The number of nitrogens with zero attached hydrogens (tertiary/aromatic N) is 2. The van der Waals surface area contributed by atoms with Crippen molar-refractivity contribution in [2.24, 2.45) is 0 Å². The Morgan fingerprint density at radius 3 is 2.39 bits per heavy atom. The zero-order valence-electron chi connectivity index (χ0n) is 13.0. The highest BCUT2D eigenvalue weighted by Crippen LogP contribution is 2.27. The van der Waals surface area contributed by atoms with Crippen LogP contribution in [0.2, 0.25) is 0 Å². The third-order valence-electron chi connectivity index (χ3n) is 3.39. The van der Waals surface area contributed by atoms with E-state index in [0.717, 1.165) is 5.56 Å². The van der Waals surface area contributed by atoms with Crippen molar-refractivity contribution in [2.75, 3.05) is 13.2 Å². The van der Waals surface area contributed by atoms with Gasteiger partial charge in [0.05, 0.1) is 36.8 Å². The van der Waals surface area contributed by atoms with Crippen LogP contribution >= 0.6 is 0 Å². The molecule has 1 unspecified atom stereocenters. The van der Waals surface area contributed by atoms with Gasteiger partial charge in [-0.25, -0.2) is 0 Å². The summed E-state index contributed by atoms with van der Waals surface area (Å²) in [5.41, 5.74) is 1.40. The summed E-state index contributed by atoms with van der Waals surface area (Å²) in [7, 11) is 0. The maximum absolute atomic E-state index is 9.37. The Morgan fingerprint density at radius 1 is 1.00 bits per heavy atom. The van der Waals surface area contributed by atoms with Crippen molar-refractivity contribution in [1.29, 1.82) is 10.5 Å². The highest BCUT2D eigenvalue weighted by Gasteiger charge is 2.12. The van der Waals surface area contributed by atoms with Gasteiger partial charge < -0.3 is 9.47 Å². The Hall–Kier alpha value is -2.98. The average molecular weight is 306 g/mol. The smallest absolute Gasteiger partial charge is 0.161 e. The molecule has 4 nitrogen and oxygen atoms in total. The molecule has 0 N–H and O–H groups in total. The van der Waals surface area contributed by atoms with E-state index < -0.39 is 0 Å². The predicted octanol–water partition coefficient (Wildman–Crippen LogP) is 4.03. The number of nitriles is 2. The Morgan fingerprint density at radius 2 is 1.74 bits per heavy atom. The van der Waals surface area contributed by atoms with Crippen LogP contribution in [-0.2, 0) is 0 Å². The van der Waals surface area contributed by atoms with Gasteiger partial charge in [-0.3, -0.25) is 0 Å². The second-order valence-corrected chi connectivity index (χ2v) is 4.94. The van der Waals surface area contributed by atoms with E-state index in [1.54, 1.807) is 18.2 Å². The molecular weight excluding hydrogens is 288 g/mol. The molecule has 0 spiro atoms. The molecule has 0 aliphatic rings. The first-order valence-corrected chi connectivity index (χ1v) is 7.52. The van der Waals surface area contributed by atoms with Gasteiger partial charge in [-0.1, -0.05) is 24.3 Å². The fraction of sp³-hybridized carbons (Fsp3) is 0.263. The fourth-order valence-electron chi connectivity index (χ4n) is 2.26. The third-order valence-corrected chi connectivity index (χ3v) is 3.39. The molecule has 116 valence electrons. The molecule has 2 aromatic rings. The second kappa shape index (κ2) is 8.46. The monoisotopic (exact) mass is 306 g/mol. The van der Waals surface area contributed by atoms with Crippen LogP contribution in [-0.4, -0.2) is 13.2 Å². The van der Waals surface area contributed by atoms with Crippen LogP contribution in [0.4, 0.5) is 0 Å². The average Bonchev–Trinajstić information content (AvgIpc) is 2.60. The van der Waals surface area contributed by atoms with Crippen LogP contribution in [0.25, 0.3) is 0 Å². The minimum atomic E-state index is -0.303. The number of benzene rings is 2. The van der Waals surface area contributed by atoms with Gasteiger partial charge in [0.2, 0.25) is 0 Å². The van der Waals surface area contributed by atoms with Gasteiger partial charge in [0.1, 0.15) is 0 Å². The molecule has 2 rings (SSSR count). The lowest BCUT2D eigenvalue weighted by Crippen LogP contribution is -2.06. The first-order chi connectivity index (χ1) is 11.3. The molecule has 2 aromatic carbocycles. The van der Waals surface area contributed by atoms with Gasteiger partial charge in [0.15, 0.2) is 11.5 Å². The molecule has 0 radical (unpaired) electrons. The van der Waals surface area contributed by atoms with E-state index in [4.69, 9.17) is 14.7 Å². The van der Waals surface area contributed by atoms with Crippen molar-refractivity contribution >= 4 is 0 Å². The second-order valence-electron chi connectivity index (χ2n) is 4.94. The first kappa shape index (κ1) is 16.4. The Bertz CT molecular complexity index is 729. The van der Waals surface area contributed by atoms with Crippen molar-refractivity contribution in [3.63, 3.8) is 0 Å². The van der Waals surface area contributed by atoms with Crippen LogP contribution in [0.15, 0.2) is 48.5 Å². The van der Waals surface area contributed by atoms with Crippen molar-refractivity contribution in [1.82, 2.24) is 0 Å². The highest BCUT2D eigenvalue weighted by molar-refractivity contribution is 5.39. The molecule has 0 heterocycles. The maximum Gasteiger partial charge on any atom is 0.161 e. The predicted molar refractivity (Wildman–Crippen MR) is 87.2 cm³/mol. The minimum absolute atomic E-state index is 0.303. The van der Waals surface area contributed by atoms with E-state index in [9.17, 15) is 5.26 Å². The summed E-state index contributed by atoms with van der Waals surface area (Å²) in [5.74, 6) is 1.08. The molecule has 0 aliphatic heterocycles. The van der Waals surface area contributed by atoms with E-state index in [2.05, 4.69) is 12.1 Å². The van der Waals surface area contributed by atoms with Crippen molar-refractivity contribution in [3.05, 3.63) is 59.7 Å². The van der Waals surface area contributed by atoms with Gasteiger partial charge >= 0.3 is 0 Å². The minimum Gasteiger partial charge on any atom is -0.490 e. The summed E-state index contributed by atoms with van der Waals surface area (Å²) >= 11 is 0. The van der Waals surface area contributed by atoms with Crippen LogP contribution in [0.1, 0.15) is 30.4 Å². The van der Waals surface area contributed by atoms with Crippen molar-refractivity contribution in [2.45, 2.75) is 19.3 Å². The van der Waals surface area contributed by atoms with Crippen LogP contribution in [0.5, 0.6) is 11.5 Å². The Kier molecular flexibility index (Phi) is 6.03. The molecule has 23 heavy (non-hydrogen) atoms. The van der Waals surface area contributed by atoms with Gasteiger partial charge in [0, 0.05) is 6.42 Å². The number of rotatable bonds is 7. The van der Waals surface area contributed by atoms with Crippen molar-refractivity contribution in [3.8, 4) is 23.6 Å². The molecule has 0 amide bonds. The summed E-state index contributed by atoms with van der Waals surface area (Å²) < 4.78 is 11.3. The lowest BCUT2D eigenvalue weighted by atomic mass is 9.96. The quantitative estimate of drug-likeness (QED) is 0.774. The normalized spacial score (nSPS) is 11.1. The molecule has 0 fully saturated rings. The lowest BCUT2D eigenvalue weighted by Gasteiger charge is -2.13. The van der Waals surface area contributed by atoms with Gasteiger partial charge in [-0.05, 0) is 36.8 Å². The van der Waals surface area contributed by atoms with Crippen LogP contribution in [0.3, 0.4) is 0 Å². The number of hydrogen-bond donors (Lipinski definition) is 0. The number of hydrogen-bond acceptors (Lipinski definition) is 4. The number of para-hydroxylation sites is 2. The molecule has 0 bridgehead atoms. The first-order valence-electron chi connectivity index (χ1n) is 7.52. The van der Waals surface area contributed by atoms with E-state index in [0.29, 0.717) is 36.7 Å². The maximum atomic E-state index is 9.37. The molecular formula is C19H18N2O2. The van der Waals surface area contributed by atoms with Crippen LogP contribution in [0, 0.1) is 22.7 Å². The summed E-state index contributed by atoms with van der Waals surface area (Å²) in [6, 6.07) is 19.0. The fourth-order valence-corrected chi connectivity index (χ4v) is 2.26. The summed E-state index contributed by atoms with van der Waals surface area (Å²) in [6.45, 7) is 2.89. The zero-order valence-corrected chi connectivity index (χ0v) is 13.0. The molecule has 0 aliphatic carbocycles. The van der Waals surface area contributed by atoms with E-state index in [1.807, 2.05) is 37.3 Å². The van der Waals surface area contributed by atoms with Crippen molar-refractivity contribution < 1.29 is 9.47 Å². The topological polar surface area (TPSA) is 66.0 Å². The summed E-state index contributed by atoms with van der Waals surface area (Å²) in [4.78, 5) is 0.